The van der Waals surface area contributed by atoms with E-state index in [4.69, 9.17) is 0 Å². The monoisotopic (exact) mass is 303 g/mol. The third-order valence-electron chi connectivity index (χ3n) is 4.24. The van der Waals surface area contributed by atoms with Gasteiger partial charge in [-0.3, -0.25) is 9.59 Å². The van der Waals surface area contributed by atoms with Crippen LogP contribution in [-0.2, 0) is 9.59 Å². The average Bonchev–Trinajstić information content (AvgIpc) is 2.50. The van der Waals surface area contributed by atoms with Crippen LogP contribution < -0.4 is 10.6 Å². The van der Waals surface area contributed by atoms with Crippen molar-refractivity contribution in [2.75, 3.05) is 32.0 Å². The second kappa shape index (κ2) is 7.40. The molecule has 2 N–H and O–H groups in total. The van der Waals surface area contributed by atoms with Gasteiger partial charge < -0.3 is 15.5 Å². The Labute approximate surface area is 132 Å². The summed E-state index contributed by atoms with van der Waals surface area (Å²) in [6, 6.07) is 5.78. The number of aryl methyl sites for hydroxylation is 2. The van der Waals surface area contributed by atoms with Crippen LogP contribution in [0.15, 0.2) is 18.2 Å². The maximum Gasteiger partial charge on any atom is 0.313 e. The van der Waals surface area contributed by atoms with E-state index in [1.165, 1.54) is 0 Å². The highest BCUT2D eigenvalue weighted by atomic mass is 16.2. The van der Waals surface area contributed by atoms with Gasteiger partial charge >= 0.3 is 11.8 Å². The summed E-state index contributed by atoms with van der Waals surface area (Å²) in [5, 5.41) is 5.44. The molecule has 2 rings (SSSR count). The highest BCUT2D eigenvalue weighted by Crippen LogP contribution is 2.16. The van der Waals surface area contributed by atoms with E-state index in [0.717, 1.165) is 37.1 Å². The van der Waals surface area contributed by atoms with Crippen molar-refractivity contribution < 1.29 is 9.59 Å². The number of likely N-dealkylation sites (tertiary alicyclic amines) is 1. The molecule has 1 saturated heterocycles. The van der Waals surface area contributed by atoms with Gasteiger partial charge in [0.05, 0.1) is 0 Å². The van der Waals surface area contributed by atoms with E-state index in [2.05, 4.69) is 22.6 Å². The zero-order valence-electron chi connectivity index (χ0n) is 13.6. The molecule has 1 heterocycles. The number of amides is 2. The van der Waals surface area contributed by atoms with Gasteiger partial charge in [-0.2, -0.15) is 0 Å². The predicted molar refractivity (Wildman–Crippen MR) is 87.8 cm³/mol. The van der Waals surface area contributed by atoms with Gasteiger partial charge in [-0.15, -0.1) is 0 Å². The molecule has 1 aromatic rings. The Hall–Kier alpha value is -1.88. The fraction of sp³-hybridized carbons (Fsp3) is 0.529. The fourth-order valence-electron chi connectivity index (χ4n) is 2.63. The minimum absolute atomic E-state index is 0.466. The lowest BCUT2D eigenvalue weighted by Gasteiger charge is -2.28. The van der Waals surface area contributed by atoms with Crippen molar-refractivity contribution in [2.45, 2.75) is 26.7 Å². The van der Waals surface area contributed by atoms with Gasteiger partial charge in [0.25, 0.3) is 0 Å². The summed E-state index contributed by atoms with van der Waals surface area (Å²) < 4.78 is 0. The molecule has 0 radical (unpaired) electrons. The van der Waals surface area contributed by atoms with Crippen LogP contribution in [0.5, 0.6) is 0 Å². The van der Waals surface area contributed by atoms with Crippen molar-refractivity contribution in [2.24, 2.45) is 5.92 Å². The van der Waals surface area contributed by atoms with Gasteiger partial charge in [-0.1, -0.05) is 12.1 Å². The minimum atomic E-state index is -0.596. The molecule has 1 aliphatic heterocycles. The zero-order valence-corrected chi connectivity index (χ0v) is 13.6. The first-order chi connectivity index (χ1) is 10.5. The van der Waals surface area contributed by atoms with Crippen LogP contribution in [0.4, 0.5) is 5.69 Å². The maximum absolute atomic E-state index is 12.0. The van der Waals surface area contributed by atoms with Crippen LogP contribution >= 0.6 is 0 Å². The summed E-state index contributed by atoms with van der Waals surface area (Å²) in [4.78, 5) is 26.2. The van der Waals surface area contributed by atoms with Crippen molar-refractivity contribution in [1.82, 2.24) is 10.2 Å². The number of nitrogens with zero attached hydrogens (tertiary/aromatic N) is 1. The molecule has 0 saturated carbocycles. The van der Waals surface area contributed by atoms with Gasteiger partial charge in [0.15, 0.2) is 0 Å². The lowest BCUT2D eigenvalue weighted by molar-refractivity contribution is -0.136. The molecule has 1 aliphatic rings. The van der Waals surface area contributed by atoms with Gasteiger partial charge in [-0.25, -0.2) is 0 Å². The van der Waals surface area contributed by atoms with Gasteiger partial charge in [0, 0.05) is 12.2 Å². The third kappa shape index (κ3) is 4.56. The molecule has 0 aliphatic carbocycles. The number of rotatable bonds is 3. The highest BCUT2D eigenvalue weighted by molar-refractivity contribution is 6.39. The molecule has 1 aromatic carbocycles. The first-order valence-corrected chi connectivity index (χ1v) is 7.80. The number of carbonyl (C=O) groups excluding carboxylic acids is 2. The Bertz CT molecular complexity index is 549. The van der Waals surface area contributed by atoms with E-state index < -0.39 is 11.8 Å². The van der Waals surface area contributed by atoms with Crippen LogP contribution in [0.3, 0.4) is 0 Å². The molecule has 5 nitrogen and oxygen atoms in total. The summed E-state index contributed by atoms with van der Waals surface area (Å²) in [5.74, 6) is -0.685. The molecular formula is C17H25N3O2. The van der Waals surface area contributed by atoms with E-state index in [-0.39, 0.29) is 0 Å². The molecule has 22 heavy (non-hydrogen) atoms. The summed E-state index contributed by atoms with van der Waals surface area (Å²) in [7, 11) is 2.10. The topological polar surface area (TPSA) is 61.4 Å². The zero-order chi connectivity index (χ0) is 16.1. The first kappa shape index (κ1) is 16.5. The first-order valence-electron chi connectivity index (χ1n) is 7.80. The summed E-state index contributed by atoms with van der Waals surface area (Å²) in [6.07, 6.45) is 2.13. The molecule has 0 atom stereocenters. The molecular weight excluding hydrogens is 278 g/mol. The molecule has 120 valence electrons. The maximum atomic E-state index is 12.0. The number of hydrogen-bond acceptors (Lipinski definition) is 3. The predicted octanol–water partition coefficient (Wildman–Crippen LogP) is 1.70. The quantitative estimate of drug-likeness (QED) is 0.836. The number of anilines is 1. The number of piperidine rings is 1. The fourth-order valence-corrected chi connectivity index (χ4v) is 2.63. The molecule has 5 heteroatoms. The highest BCUT2D eigenvalue weighted by Gasteiger charge is 2.20. The van der Waals surface area contributed by atoms with Crippen LogP contribution in [0, 0.1) is 19.8 Å². The number of hydrogen-bond donors (Lipinski definition) is 2. The average molecular weight is 303 g/mol. The van der Waals surface area contributed by atoms with Crippen LogP contribution in [0.25, 0.3) is 0 Å². The second-order valence-electron chi connectivity index (χ2n) is 6.23. The van der Waals surface area contributed by atoms with Crippen LogP contribution in [-0.4, -0.2) is 43.4 Å². The Morgan fingerprint density at radius 1 is 1.18 bits per heavy atom. The number of nitrogens with one attached hydrogen (secondary N) is 2. The molecule has 0 bridgehead atoms. The van der Waals surface area contributed by atoms with Crippen molar-refractivity contribution in [1.29, 1.82) is 0 Å². The second-order valence-corrected chi connectivity index (χ2v) is 6.23. The Balaban J connectivity index is 1.82. The Morgan fingerprint density at radius 2 is 1.86 bits per heavy atom. The van der Waals surface area contributed by atoms with E-state index in [9.17, 15) is 9.59 Å². The Kier molecular flexibility index (Phi) is 5.55. The largest absolute Gasteiger partial charge is 0.348 e. The van der Waals surface area contributed by atoms with Gasteiger partial charge in [0.2, 0.25) is 0 Å². The molecule has 2 amide bonds. The number of benzene rings is 1. The van der Waals surface area contributed by atoms with E-state index in [1.807, 2.05) is 32.0 Å². The molecule has 0 unspecified atom stereocenters. The minimum Gasteiger partial charge on any atom is -0.348 e. The summed E-state index contributed by atoms with van der Waals surface area (Å²) in [5.41, 5.74) is 2.69. The van der Waals surface area contributed by atoms with Gasteiger partial charge in [0.1, 0.15) is 0 Å². The third-order valence-corrected chi connectivity index (χ3v) is 4.24. The molecule has 0 spiro atoms. The smallest absolute Gasteiger partial charge is 0.313 e. The standard InChI is InChI=1S/C17H25N3O2/c1-12-4-5-13(2)15(10-12)19-17(22)16(21)18-11-14-6-8-20(3)9-7-14/h4-5,10,14H,6-9,11H2,1-3H3,(H,18,21)(H,19,22). The van der Waals surface area contributed by atoms with Crippen molar-refractivity contribution in [3.8, 4) is 0 Å². The lowest BCUT2D eigenvalue weighted by atomic mass is 9.97. The normalized spacial score (nSPS) is 16.3. The van der Waals surface area contributed by atoms with E-state index in [0.29, 0.717) is 18.2 Å². The summed E-state index contributed by atoms with van der Waals surface area (Å²) in [6.45, 7) is 6.54. The number of carbonyl (C=O) groups is 2. The summed E-state index contributed by atoms with van der Waals surface area (Å²) >= 11 is 0. The van der Waals surface area contributed by atoms with Crippen LogP contribution in [0.1, 0.15) is 24.0 Å². The molecule has 0 aromatic heterocycles. The van der Waals surface area contributed by atoms with E-state index in [1.54, 1.807) is 0 Å². The Morgan fingerprint density at radius 3 is 2.55 bits per heavy atom. The van der Waals surface area contributed by atoms with Crippen molar-refractivity contribution in [3.05, 3.63) is 29.3 Å². The van der Waals surface area contributed by atoms with Gasteiger partial charge in [-0.05, 0) is 69.9 Å². The van der Waals surface area contributed by atoms with Crippen LogP contribution in [0.2, 0.25) is 0 Å². The van der Waals surface area contributed by atoms with Crippen molar-refractivity contribution in [3.63, 3.8) is 0 Å². The SMILES string of the molecule is Cc1ccc(C)c(NC(=O)C(=O)NCC2CCN(C)CC2)c1. The van der Waals surface area contributed by atoms with Crippen molar-refractivity contribution >= 4 is 17.5 Å². The van der Waals surface area contributed by atoms with E-state index >= 15 is 0 Å². The lowest BCUT2D eigenvalue weighted by Crippen LogP contribution is -2.41. The molecule has 1 fully saturated rings.